The molecule has 0 bridgehead atoms. The van der Waals surface area contributed by atoms with Gasteiger partial charge in [0.1, 0.15) is 17.9 Å². The van der Waals surface area contributed by atoms with Crippen molar-refractivity contribution in [3.8, 4) is 5.75 Å². The van der Waals surface area contributed by atoms with Crippen LogP contribution in [0.2, 0.25) is 0 Å². The molecule has 2 aromatic rings. The van der Waals surface area contributed by atoms with Crippen molar-refractivity contribution in [3.63, 3.8) is 0 Å². The van der Waals surface area contributed by atoms with E-state index in [1.165, 1.54) is 23.3 Å². The number of esters is 1. The predicted molar refractivity (Wildman–Crippen MR) is 93.5 cm³/mol. The molecule has 1 aliphatic carbocycles. The zero-order valence-electron chi connectivity index (χ0n) is 14.2. The third-order valence-corrected chi connectivity index (χ3v) is 4.64. The number of para-hydroxylation sites is 1. The standard InChI is InChI=1S/C20H21NO4/c1-12-15-8-4-3-7-14(15)11-18(12)25-20(24)13(2)21-19(23)16-9-5-6-10-17(16)22/h3-10,12-13,18,22H,11H2,1-2H3,(H,21,23)/t12?,13-,18?/m0/s1. The summed E-state index contributed by atoms with van der Waals surface area (Å²) in [4.78, 5) is 24.5. The van der Waals surface area contributed by atoms with Gasteiger partial charge >= 0.3 is 5.97 Å². The van der Waals surface area contributed by atoms with Gasteiger partial charge < -0.3 is 15.2 Å². The van der Waals surface area contributed by atoms with E-state index in [2.05, 4.69) is 11.4 Å². The van der Waals surface area contributed by atoms with E-state index in [0.717, 1.165) is 0 Å². The van der Waals surface area contributed by atoms with Gasteiger partial charge in [-0.15, -0.1) is 0 Å². The van der Waals surface area contributed by atoms with E-state index in [-0.39, 0.29) is 23.3 Å². The number of phenolic OH excluding ortho intramolecular Hbond substituents is 1. The molecular formula is C20H21NO4. The molecule has 0 saturated carbocycles. The van der Waals surface area contributed by atoms with Gasteiger partial charge in [-0.3, -0.25) is 4.79 Å². The number of hydrogen-bond acceptors (Lipinski definition) is 4. The van der Waals surface area contributed by atoms with Crippen LogP contribution in [0.5, 0.6) is 5.75 Å². The zero-order chi connectivity index (χ0) is 18.0. The van der Waals surface area contributed by atoms with Crippen LogP contribution in [0.3, 0.4) is 0 Å². The second kappa shape index (κ2) is 6.97. The summed E-state index contributed by atoms with van der Waals surface area (Å²) in [5.74, 6) is -0.986. The second-order valence-corrected chi connectivity index (χ2v) is 6.38. The lowest BCUT2D eigenvalue weighted by Crippen LogP contribution is -2.41. The SMILES string of the molecule is CC1c2ccccc2CC1OC(=O)[C@H](C)NC(=O)c1ccccc1O. The van der Waals surface area contributed by atoms with Gasteiger partial charge in [0, 0.05) is 12.3 Å². The van der Waals surface area contributed by atoms with E-state index in [1.807, 2.05) is 25.1 Å². The number of phenols is 1. The fourth-order valence-corrected chi connectivity index (χ4v) is 3.15. The van der Waals surface area contributed by atoms with Crippen molar-refractivity contribution >= 4 is 11.9 Å². The molecule has 2 aromatic carbocycles. The van der Waals surface area contributed by atoms with Gasteiger partial charge in [-0.25, -0.2) is 4.79 Å². The number of rotatable bonds is 4. The van der Waals surface area contributed by atoms with Crippen LogP contribution < -0.4 is 5.32 Å². The molecule has 0 aromatic heterocycles. The van der Waals surface area contributed by atoms with E-state index >= 15 is 0 Å². The molecule has 0 heterocycles. The monoisotopic (exact) mass is 339 g/mol. The van der Waals surface area contributed by atoms with Gasteiger partial charge in [-0.05, 0) is 30.2 Å². The molecule has 5 heteroatoms. The quantitative estimate of drug-likeness (QED) is 0.840. The summed E-state index contributed by atoms with van der Waals surface area (Å²) in [6.45, 7) is 3.61. The first-order valence-electron chi connectivity index (χ1n) is 8.34. The molecule has 0 spiro atoms. The number of carbonyl (C=O) groups excluding carboxylic acids is 2. The predicted octanol–water partition coefficient (Wildman–Crippen LogP) is 2.78. The van der Waals surface area contributed by atoms with Crippen molar-refractivity contribution in [3.05, 3.63) is 65.2 Å². The number of ether oxygens (including phenoxy) is 1. The van der Waals surface area contributed by atoms with Crippen LogP contribution in [0, 0.1) is 0 Å². The summed E-state index contributed by atoms with van der Waals surface area (Å²) in [6.07, 6.45) is 0.456. The van der Waals surface area contributed by atoms with Crippen LogP contribution in [0.1, 0.15) is 41.3 Å². The van der Waals surface area contributed by atoms with Crippen LogP contribution in [0.4, 0.5) is 0 Å². The number of amides is 1. The fourth-order valence-electron chi connectivity index (χ4n) is 3.15. The first-order valence-corrected chi connectivity index (χ1v) is 8.34. The molecule has 0 aliphatic heterocycles. The average Bonchev–Trinajstić information content (AvgIpc) is 2.91. The molecule has 0 radical (unpaired) electrons. The van der Waals surface area contributed by atoms with Crippen molar-refractivity contribution in [1.82, 2.24) is 5.32 Å². The molecule has 1 amide bonds. The van der Waals surface area contributed by atoms with Gasteiger partial charge in [0.2, 0.25) is 0 Å². The number of aromatic hydroxyl groups is 1. The van der Waals surface area contributed by atoms with Gasteiger partial charge in [0.15, 0.2) is 0 Å². The van der Waals surface area contributed by atoms with Crippen molar-refractivity contribution in [2.24, 2.45) is 0 Å². The third-order valence-electron chi connectivity index (χ3n) is 4.64. The fraction of sp³-hybridized carbons (Fsp3) is 0.300. The Labute approximate surface area is 146 Å². The summed E-state index contributed by atoms with van der Waals surface area (Å²) in [7, 11) is 0. The molecule has 2 unspecified atom stereocenters. The van der Waals surface area contributed by atoms with Gasteiger partial charge in [0.25, 0.3) is 5.91 Å². The van der Waals surface area contributed by atoms with E-state index in [0.29, 0.717) is 6.42 Å². The van der Waals surface area contributed by atoms with Crippen molar-refractivity contribution in [2.45, 2.75) is 38.3 Å². The maximum absolute atomic E-state index is 12.3. The molecule has 0 fully saturated rings. The van der Waals surface area contributed by atoms with E-state index < -0.39 is 17.9 Å². The minimum Gasteiger partial charge on any atom is -0.507 e. The molecule has 3 atom stereocenters. The first kappa shape index (κ1) is 17.0. The maximum Gasteiger partial charge on any atom is 0.328 e. The van der Waals surface area contributed by atoms with Crippen LogP contribution in [0.25, 0.3) is 0 Å². The third kappa shape index (κ3) is 3.50. The van der Waals surface area contributed by atoms with Crippen LogP contribution in [0.15, 0.2) is 48.5 Å². The Bertz CT molecular complexity index is 802. The lowest BCUT2D eigenvalue weighted by atomic mass is 10.0. The highest BCUT2D eigenvalue weighted by molar-refractivity contribution is 5.98. The van der Waals surface area contributed by atoms with Crippen LogP contribution in [-0.2, 0) is 16.0 Å². The number of carbonyl (C=O) groups is 2. The number of hydrogen-bond donors (Lipinski definition) is 2. The summed E-state index contributed by atoms with van der Waals surface area (Å²) in [5.41, 5.74) is 2.52. The second-order valence-electron chi connectivity index (χ2n) is 6.38. The Hall–Kier alpha value is -2.82. The molecule has 5 nitrogen and oxygen atoms in total. The summed E-state index contributed by atoms with van der Waals surface area (Å²) < 4.78 is 5.62. The van der Waals surface area contributed by atoms with Crippen LogP contribution >= 0.6 is 0 Å². The largest absolute Gasteiger partial charge is 0.507 e. The van der Waals surface area contributed by atoms with E-state index in [9.17, 15) is 14.7 Å². The number of benzene rings is 2. The lowest BCUT2D eigenvalue weighted by molar-refractivity contribution is -0.151. The number of fused-ring (bicyclic) bond motifs is 1. The minimum atomic E-state index is -0.803. The Morgan fingerprint density at radius 1 is 1.16 bits per heavy atom. The molecule has 25 heavy (non-hydrogen) atoms. The Kier molecular flexibility index (Phi) is 4.74. The average molecular weight is 339 g/mol. The smallest absolute Gasteiger partial charge is 0.328 e. The van der Waals surface area contributed by atoms with Crippen LogP contribution in [-0.4, -0.2) is 29.1 Å². The van der Waals surface area contributed by atoms with E-state index in [4.69, 9.17) is 4.74 Å². The van der Waals surface area contributed by atoms with Gasteiger partial charge in [-0.2, -0.15) is 0 Å². The van der Waals surface area contributed by atoms with Gasteiger partial charge in [0.05, 0.1) is 5.56 Å². The topological polar surface area (TPSA) is 75.6 Å². The highest BCUT2D eigenvalue weighted by atomic mass is 16.5. The molecule has 2 N–H and O–H groups in total. The molecule has 130 valence electrons. The van der Waals surface area contributed by atoms with Crippen molar-refractivity contribution in [1.29, 1.82) is 0 Å². The lowest BCUT2D eigenvalue weighted by Gasteiger charge is -2.20. The molecule has 0 saturated heterocycles. The van der Waals surface area contributed by atoms with E-state index in [1.54, 1.807) is 19.1 Å². The molecule has 1 aliphatic rings. The minimum absolute atomic E-state index is 0.125. The Morgan fingerprint density at radius 2 is 1.84 bits per heavy atom. The normalized spacial score (nSPS) is 19.8. The zero-order valence-corrected chi connectivity index (χ0v) is 14.2. The first-order chi connectivity index (χ1) is 12.0. The highest BCUT2D eigenvalue weighted by Crippen LogP contribution is 2.34. The Morgan fingerprint density at radius 3 is 2.56 bits per heavy atom. The molecule has 3 rings (SSSR count). The van der Waals surface area contributed by atoms with Gasteiger partial charge in [-0.1, -0.05) is 43.3 Å². The van der Waals surface area contributed by atoms with Crippen molar-refractivity contribution in [2.75, 3.05) is 0 Å². The molecular weight excluding hydrogens is 318 g/mol. The van der Waals surface area contributed by atoms with Crippen molar-refractivity contribution < 1.29 is 19.4 Å². The summed E-state index contributed by atoms with van der Waals surface area (Å²) in [6, 6.07) is 13.5. The summed E-state index contributed by atoms with van der Waals surface area (Å²) >= 11 is 0. The maximum atomic E-state index is 12.3. The Balaban J connectivity index is 1.61. The summed E-state index contributed by atoms with van der Waals surface area (Å²) in [5, 5.41) is 12.3. The highest BCUT2D eigenvalue weighted by Gasteiger charge is 2.33. The number of nitrogens with one attached hydrogen (secondary N) is 1.